The van der Waals surface area contributed by atoms with E-state index in [9.17, 15) is 21.6 Å². The van der Waals surface area contributed by atoms with E-state index >= 15 is 0 Å². The second-order valence-electron chi connectivity index (χ2n) is 6.42. The number of aromatic nitrogens is 2. The number of hydrogen-bond acceptors (Lipinski definition) is 7. The van der Waals surface area contributed by atoms with Crippen molar-refractivity contribution in [3.05, 3.63) is 12.1 Å². The van der Waals surface area contributed by atoms with Crippen LogP contribution >= 0.6 is 0 Å². The van der Waals surface area contributed by atoms with Gasteiger partial charge >= 0.3 is 6.18 Å². The Hall–Kier alpha value is -1.66. The summed E-state index contributed by atoms with van der Waals surface area (Å²) >= 11 is 0. The van der Waals surface area contributed by atoms with Crippen LogP contribution in [0.5, 0.6) is 0 Å². The Labute approximate surface area is 155 Å². The molecule has 0 atom stereocenters. The maximum absolute atomic E-state index is 12.3. The zero-order chi connectivity index (χ0) is 19.5. The van der Waals surface area contributed by atoms with Gasteiger partial charge in [0.2, 0.25) is 10.0 Å². The van der Waals surface area contributed by atoms with Crippen molar-refractivity contribution in [2.24, 2.45) is 0 Å². The lowest BCUT2D eigenvalue weighted by Gasteiger charge is -2.34. The molecule has 0 radical (unpaired) electrons. The van der Waals surface area contributed by atoms with Crippen molar-refractivity contribution < 1.29 is 26.3 Å². The smallest absolute Gasteiger partial charge is 0.378 e. The lowest BCUT2D eigenvalue weighted by atomic mass is 10.3. The highest BCUT2D eigenvalue weighted by Gasteiger charge is 2.33. The molecule has 3 rings (SSSR count). The van der Waals surface area contributed by atoms with Crippen LogP contribution in [0.25, 0.3) is 0 Å². The van der Waals surface area contributed by atoms with Gasteiger partial charge < -0.3 is 14.5 Å². The summed E-state index contributed by atoms with van der Waals surface area (Å²) in [6.45, 7) is 3.78. The zero-order valence-electron chi connectivity index (χ0n) is 14.7. The molecule has 0 amide bonds. The molecule has 2 saturated heterocycles. The third kappa shape index (κ3) is 5.42. The summed E-state index contributed by atoms with van der Waals surface area (Å²) in [6, 6.07) is 3.69. The average Bonchev–Trinajstić information content (AvgIpc) is 2.67. The second kappa shape index (κ2) is 8.15. The first kappa shape index (κ1) is 20.1. The molecule has 1 aromatic rings. The first-order valence-corrected chi connectivity index (χ1v) is 10.3. The minimum absolute atomic E-state index is 0.132. The molecule has 2 aliphatic rings. The first-order valence-electron chi connectivity index (χ1n) is 8.70. The minimum Gasteiger partial charge on any atom is -0.378 e. The standard InChI is InChI=1S/C15H22F3N5O3S/c16-15(17,18)3-12-27(24,25)23-6-4-21(5-7-23)13-1-2-14(20-19-13)22-8-10-26-11-9-22/h1-2H,3-12H2. The summed E-state index contributed by atoms with van der Waals surface area (Å²) in [5.74, 6) is 0.472. The topological polar surface area (TPSA) is 78.9 Å². The van der Waals surface area contributed by atoms with Crippen molar-refractivity contribution in [1.29, 1.82) is 0 Å². The molecule has 12 heteroatoms. The molecule has 0 saturated carbocycles. The van der Waals surface area contributed by atoms with Gasteiger partial charge in [0.05, 0.1) is 25.4 Å². The van der Waals surface area contributed by atoms with Crippen molar-refractivity contribution in [2.75, 3.05) is 68.0 Å². The van der Waals surface area contributed by atoms with E-state index in [0.717, 1.165) is 23.2 Å². The zero-order valence-corrected chi connectivity index (χ0v) is 15.5. The molecular weight excluding hydrogens is 387 g/mol. The van der Waals surface area contributed by atoms with Crippen LogP contribution in [-0.4, -0.2) is 87.3 Å². The van der Waals surface area contributed by atoms with Gasteiger partial charge in [-0.15, -0.1) is 10.2 Å². The van der Waals surface area contributed by atoms with Gasteiger partial charge in [0, 0.05) is 39.3 Å². The van der Waals surface area contributed by atoms with Crippen molar-refractivity contribution >= 4 is 21.7 Å². The summed E-state index contributed by atoms with van der Waals surface area (Å²) in [5, 5.41) is 8.43. The molecule has 0 aromatic carbocycles. The quantitative estimate of drug-likeness (QED) is 0.709. The third-order valence-electron chi connectivity index (χ3n) is 4.57. The lowest BCUT2D eigenvalue weighted by molar-refractivity contribution is -0.130. The van der Waals surface area contributed by atoms with Gasteiger partial charge in [-0.3, -0.25) is 0 Å². The predicted octanol–water partition coefficient (Wildman–Crippen LogP) is 0.717. The van der Waals surface area contributed by atoms with Crippen LogP contribution in [0.3, 0.4) is 0 Å². The molecule has 0 N–H and O–H groups in total. The molecule has 0 unspecified atom stereocenters. The second-order valence-corrected chi connectivity index (χ2v) is 8.50. The fourth-order valence-corrected chi connectivity index (χ4v) is 4.48. The van der Waals surface area contributed by atoms with Crippen LogP contribution in [-0.2, 0) is 14.8 Å². The highest BCUT2D eigenvalue weighted by Crippen LogP contribution is 2.22. The number of morpholine rings is 1. The molecule has 27 heavy (non-hydrogen) atoms. The van der Waals surface area contributed by atoms with Gasteiger partial charge in [-0.1, -0.05) is 0 Å². The molecule has 152 valence electrons. The van der Waals surface area contributed by atoms with Crippen LogP contribution in [0.1, 0.15) is 6.42 Å². The van der Waals surface area contributed by atoms with E-state index in [2.05, 4.69) is 15.1 Å². The summed E-state index contributed by atoms with van der Waals surface area (Å²) in [5.41, 5.74) is 0. The molecule has 1 aromatic heterocycles. The molecular formula is C15H22F3N5O3S. The van der Waals surface area contributed by atoms with Crippen molar-refractivity contribution in [3.63, 3.8) is 0 Å². The van der Waals surface area contributed by atoms with Gasteiger partial charge in [0.25, 0.3) is 0 Å². The average molecular weight is 409 g/mol. The van der Waals surface area contributed by atoms with Crippen molar-refractivity contribution in [2.45, 2.75) is 12.6 Å². The number of ether oxygens (including phenoxy) is 1. The number of rotatable bonds is 5. The van der Waals surface area contributed by atoms with Crippen molar-refractivity contribution in [3.8, 4) is 0 Å². The fraction of sp³-hybridized carbons (Fsp3) is 0.733. The highest BCUT2D eigenvalue weighted by atomic mass is 32.2. The molecule has 0 spiro atoms. The summed E-state index contributed by atoms with van der Waals surface area (Å²) < 4.78 is 67.4. The number of piperazine rings is 1. The van der Waals surface area contributed by atoms with Crippen LogP contribution in [0.15, 0.2) is 12.1 Å². The third-order valence-corrected chi connectivity index (χ3v) is 6.44. The van der Waals surface area contributed by atoms with Gasteiger partial charge in [-0.25, -0.2) is 8.42 Å². The summed E-state index contributed by atoms with van der Waals surface area (Å²) in [4.78, 5) is 3.96. The number of anilines is 2. The Bertz CT molecular complexity index is 715. The normalized spacial score (nSPS) is 20.1. The predicted molar refractivity (Wildman–Crippen MR) is 93.3 cm³/mol. The first-order chi connectivity index (χ1) is 12.7. The van der Waals surface area contributed by atoms with Gasteiger partial charge in [-0.05, 0) is 12.1 Å². The Morgan fingerprint density at radius 2 is 1.44 bits per heavy atom. The number of nitrogens with zero attached hydrogens (tertiary/aromatic N) is 5. The van der Waals surface area contributed by atoms with Gasteiger partial charge in [-0.2, -0.15) is 17.5 Å². The largest absolute Gasteiger partial charge is 0.390 e. The number of halogens is 3. The van der Waals surface area contributed by atoms with E-state index in [-0.39, 0.29) is 13.1 Å². The van der Waals surface area contributed by atoms with Crippen LogP contribution < -0.4 is 9.80 Å². The van der Waals surface area contributed by atoms with E-state index < -0.39 is 28.4 Å². The van der Waals surface area contributed by atoms with Crippen LogP contribution in [0, 0.1) is 0 Å². The van der Waals surface area contributed by atoms with Crippen LogP contribution in [0.4, 0.5) is 24.8 Å². The Morgan fingerprint density at radius 3 is 1.93 bits per heavy atom. The fourth-order valence-electron chi connectivity index (χ4n) is 3.02. The maximum atomic E-state index is 12.3. The number of alkyl halides is 3. The van der Waals surface area contributed by atoms with Gasteiger partial charge in [0.1, 0.15) is 0 Å². The SMILES string of the molecule is O=S(=O)(CCC(F)(F)F)N1CCN(c2ccc(N3CCOCC3)nn2)CC1. The van der Waals surface area contributed by atoms with Crippen LogP contribution in [0.2, 0.25) is 0 Å². The Balaban J connectivity index is 1.54. The Morgan fingerprint density at radius 1 is 0.926 bits per heavy atom. The molecule has 3 heterocycles. The molecule has 0 aliphatic carbocycles. The van der Waals surface area contributed by atoms with E-state index in [1.165, 1.54) is 0 Å². The van der Waals surface area contributed by atoms with Gasteiger partial charge in [0.15, 0.2) is 11.6 Å². The van der Waals surface area contributed by atoms with E-state index in [1.807, 2.05) is 17.0 Å². The minimum atomic E-state index is -4.48. The number of hydrogen-bond donors (Lipinski definition) is 0. The Kier molecular flexibility index (Phi) is 6.06. The van der Waals surface area contributed by atoms with E-state index in [0.29, 0.717) is 32.1 Å². The van der Waals surface area contributed by atoms with Crippen molar-refractivity contribution in [1.82, 2.24) is 14.5 Å². The summed E-state index contributed by atoms with van der Waals surface area (Å²) in [7, 11) is -3.91. The van der Waals surface area contributed by atoms with E-state index in [1.54, 1.807) is 0 Å². The highest BCUT2D eigenvalue weighted by molar-refractivity contribution is 7.89. The number of sulfonamides is 1. The molecule has 0 bridgehead atoms. The lowest BCUT2D eigenvalue weighted by Crippen LogP contribution is -2.49. The molecule has 8 nitrogen and oxygen atoms in total. The monoisotopic (exact) mass is 409 g/mol. The molecule has 2 fully saturated rings. The summed E-state index contributed by atoms with van der Waals surface area (Å²) in [6.07, 6.45) is -5.81. The maximum Gasteiger partial charge on any atom is 0.390 e. The van der Waals surface area contributed by atoms with E-state index in [4.69, 9.17) is 4.74 Å². The molecule has 2 aliphatic heterocycles.